The number of hydrogen-bond donors (Lipinski definition) is 0. The molecule has 3 rings (SSSR count). The molecule has 138 valence electrons. The molecule has 1 saturated heterocycles. The molecule has 1 aromatic heterocycles. The lowest BCUT2D eigenvalue weighted by Gasteiger charge is -2.29. The second-order valence-electron chi connectivity index (χ2n) is 7.18. The molecule has 1 aromatic rings. The molecule has 2 amide bonds. The number of amides is 2. The minimum atomic E-state index is -0.344. The topological polar surface area (TPSA) is 79.5 Å². The zero-order valence-corrected chi connectivity index (χ0v) is 15.2. The number of aryl methyl sites for hydroxylation is 1. The summed E-state index contributed by atoms with van der Waals surface area (Å²) in [6, 6.07) is -0.344. The first-order valence-electron chi connectivity index (χ1n) is 9.46. The molecule has 2 fully saturated rings. The highest BCUT2D eigenvalue weighted by Gasteiger charge is 2.34. The number of carbonyl (C=O) groups excluding carboxylic acids is 2. The van der Waals surface area contributed by atoms with Crippen LogP contribution in [0, 0.1) is 12.8 Å². The molecule has 1 saturated carbocycles. The summed E-state index contributed by atoms with van der Waals surface area (Å²) < 4.78 is 5.35. The van der Waals surface area contributed by atoms with Gasteiger partial charge in [-0.25, -0.2) is 0 Å². The molecule has 25 heavy (non-hydrogen) atoms. The Morgan fingerprint density at radius 3 is 2.56 bits per heavy atom. The van der Waals surface area contributed by atoms with E-state index >= 15 is 0 Å². The fourth-order valence-electron chi connectivity index (χ4n) is 3.96. The van der Waals surface area contributed by atoms with Crippen molar-refractivity contribution in [2.75, 3.05) is 19.6 Å². The normalized spacial score (nSPS) is 22.2. The fourth-order valence-corrected chi connectivity index (χ4v) is 3.96. The molecular formula is C18H28N4O3. The minimum Gasteiger partial charge on any atom is -0.340 e. The second-order valence-corrected chi connectivity index (χ2v) is 7.18. The molecule has 0 bridgehead atoms. The number of hydrogen-bond acceptors (Lipinski definition) is 5. The molecule has 1 aliphatic carbocycles. The maximum absolute atomic E-state index is 12.8. The summed E-state index contributed by atoms with van der Waals surface area (Å²) in [5, 5.41) is 3.87. The van der Waals surface area contributed by atoms with Crippen molar-refractivity contribution in [2.24, 2.45) is 5.92 Å². The van der Waals surface area contributed by atoms with Gasteiger partial charge in [0.05, 0.1) is 6.54 Å². The van der Waals surface area contributed by atoms with Crippen LogP contribution in [-0.2, 0) is 9.59 Å². The van der Waals surface area contributed by atoms with Crippen LogP contribution >= 0.6 is 0 Å². The number of aromatic nitrogens is 2. The average Bonchev–Trinajstić information content (AvgIpc) is 3.21. The molecule has 2 aliphatic rings. The maximum atomic E-state index is 12.8. The van der Waals surface area contributed by atoms with Gasteiger partial charge in [-0.1, -0.05) is 24.9 Å². The second kappa shape index (κ2) is 7.97. The quantitative estimate of drug-likeness (QED) is 0.835. The third kappa shape index (κ3) is 4.19. The maximum Gasteiger partial charge on any atom is 0.251 e. The van der Waals surface area contributed by atoms with Gasteiger partial charge in [0, 0.05) is 25.9 Å². The van der Waals surface area contributed by atoms with Gasteiger partial charge in [0.2, 0.25) is 11.8 Å². The average molecular weight is 348 g/mol. The Morgan fingerprint density at radius 1 is 1.16 bits per heavy atom. The largest absolute Gasteiger partial charge is 0.340 e. The summed E-state index contributed by atoms with van der Waals surface area (Å²) in [7, 11) is 0. The van der Waals surface area contributed by atoms with Crippen molar-refractivity contribution in [1.29, 1.82) is 0 Å². The third-order valence-corrected chi connectivity index (χ3v) is 5.34. The van der Waals surface area contributed by atoms with Crippen LogP contribution in [0.3, 0.4) is 0 Å². The fraction of sp³-hybridized carbons (Fsp3) is 0.778. The van der Waals surface area contributed by atoms with Gasteiger partial charge >= 0.3 is 0 Å². The summed E-state index contributed by atoms with van der Waals surface area (Å²) in [5.74, 6) is 1.75. The van der Waals surface area contributed by atoms with E-state index in [1.54, 1.807) is 11.8 Å². The van der Waals surface area contributed by atoms with Crippen LogP contribution in [0.5, 0.6) is 0 Å². The number of carbonyl (C=O) groups is 2. The van der Waals surface area contributed by atoms with Gasteiger partial charge in [0.25, 0.3) is 5.89 Å². The van der Waals surface area contributed by atoms with E-state index < -0.39 is 0 Å². The van der Waals surface area contributed by atoms with Crippen LogP contribution in [-0.4, -0.2) is 51.4 Å². The molecule has 7 nitrogen and oxygen atoms in total. The van der Waals surface area contributed by atoms with Gasteiger partial charge in [0.1, 0.15) is 6.04 Å². The van der Waals surface area contributed by atoms with Crippen LogP contribution in [0.4, 0.5) is 0 Å². The van der Waals surface area contributed by atoms with Crippen molar-refractivity contribution >= 4 is 11.8 Å². The zero-order valence-electron chi connectivity index (χ0n) is 15.2. The van der Waals surface area contributed by atoms with E-state index in [9.17, 15) is 9.59 Å². The molecule has 1 atom stereocenters. The minimum absolute atomic E-state index is 0.0611. The molecule has 0 radical (unpaired) electrons. The highest BCUT2D eigenvalue weighted by Crippen LogP contribution is 2.30. The smallest absolute Gasteiger partial charge is 0.251 e. The van der Waals surface area contributed by atoms with E-state index in [0.29, 0.717) is 50.1 Å². The molecule has 1 aliphatic heterocycles. The lowest BCUT2D eigenvalue weighted by Crippen LogP contribution is -2.40. The SMILES string of the molecule is CCC(=O)N1CCCN(C(=O)CC2CCCC2)CC1c1nc(C)no1. The van der Waals surface area contributed by atoms with Gasteiger partial charge in [-0.15, -0.1) is 0 Å². The van der Waals surface area contributed by atoms with Gasteiger partial charge in [-0.3, -0.25) is 9.59 Å². The zero-order chi connectivity index (χ0) is 17.8. The van der Waals surface area contributed by atoms with Crippen LogP contribution in [0.2, 0.25) is 0 Å². The lowest BCUT2D eigenvalue weighted by molar-refractivity contribution is -0.136. The van der Waals surface area contributed by atoms with Gasteiger partial charge in [-0.05, 0) is 32.1 Å². The summed E-state index contributed by atoms with van der Waals surface area (Å²) in [6.45, 7) is 5.36. The Bertz CT molecular complexity index is 609. The van der Waals surface area contributed by atoms with E-state index in [0.717, 1.165) is 19.3 Å². The van der Waals surface area contributed by atoms with Crippen molar-refractivity contribution in [1.82, 2.24) is 19.9 Å². The van der Waals surface area contributed by atoms with Crippen molar-refractivity contribution in [3.8, 4) is 0 Å². The Kier molecular flexibility index (Phi) is 5.71. The highest BCUT2D eigenvalue weighted by molar-refractivity contribution is 5.78. The van der Waals surface area contributed by atoms with Gasteiger partial charge in [0.15, 0.2) is 5.82 Å². The van der Waals surface area contributed by atoms with Crippen molar-refractivity contribution in [3.05, 3.63) is 11.7 Å². The van der Waals surface area contributed by atoms with Crippen LogP contribution < -0.4 is 0 Å². The van der Waals surface area contributed by atoms with Gasteiger partial charge < -0.3 is 14.3 Å². The summed E-state index contributed by atoms with van der Waals surface area (Å²) >= 11 is 0. The Labute approximate surface area is 148 Å². The number of rotatable bonds is 4. The van der Waals surface area contributed by atoms with E-state index in [1.165, 1.54) is 12.8 Å². The molecule has 2 heterocycles. The molecular weight excluding hydrogens is 320 g/mol. The number of nitrogens with zero attached hydrogens (tertiary/aromatic N) is 4. The first-order chi connectivity index (χ1) is 12.1. The Balaban J connectivity index is 1.76. The molecule has 1 unspecified atom stereocenters. The van der Waals surface area contributed by atoms with Crippen LogP contribution in [0.25, 0.3) is 0 Å². The summed E-state index contributed by atoms with van der Waals surface area (Å²) in [5.41, 5.74) is 0. The molecule has 0 N–H and O–H groups in total. The molecule has 0 spiro atoms. The third-order valence-electron chi connectivity index (χ3n) is 5.34. The van der Waals surface area contributed by atoms with Crippen molar-refractivity contribution in [3.63, 3.8) is 0 Å². The van der Waals surface area contributed by atoms with E-state index in [1.807, 2.05) is 11.8 Å². The van der Waals surface area contributed by atoms with Crippen molar-refractivity contribution in [2.45, 2.75) is 64.8 Å². The summed E-state index contributed by atoms with van der Waals surface area (Å²) in [4.78, 5) is 33.2. The molecule has 0 aromatic carbocycles. The lowest BCUT2D eigenvalue weighted by atomic mass is 10.0. The Morgan fingerprint density at radius 2 is 1.92 bits per heavy atom. The van der Waals surface area contributed by atoms with Crippen molar-refractivity contribution < 1.29 is 14.1 Å². The first-order valence-corrected chi connectivity index (χ1v) is 9.46. The predicted molar refractivity (Wildman–Crippen MR) is 91.6 cm³/mol. The van der Waals surface area contributed by atoms with E-state index in [4.69, 9.17) is 4.52 Å². The van der Waals surface area contributed by atoms with Crippen LogP contribution in [0.15, 0.2) is 4.52 Å². The predicted octanol–water partition coefficient (Wildman–Crippen LogP) is 2.47. The van der Waals surface area contributed by atoms with Gasteiger partial charge in [-0.2, -0.15) is 4.98 Å². The highest BCUT2D eigenvalue weighted by atomic mass is 16.5. The summed E-state index contributed by atoms with van der Waals surface area (Å²) in [6.07, 6.45) is 6.63. The van der Waals surface area contributed by atoms with E-state index in [-0.39, 0.29) is 17.9 Å². The Hall–Kier alpha value is -1.92. The van der Waals surface area contributed by atoms with Crippen LogP contribution in [0.1, 0.15) is 69.6 Å². The monoisotopic (exact) mass is 348 g/mol. The van der Waals surface area contributed by atoms with E-state index in [2.05, 4.69) is 10.1 Å². The molecule has 7 heteroatoms. The first kappa shape index (κ1) is 17.9. The standard InChI is InChI=1S/C18H28N4O3/c1-3-16(23)22-10-6-9-21(17(24)11-14-7-4-5-8-14)12-15(22)18-19-13(2)20-25-18/h14-15H,3-12H2,1-2H3.